The highest BCUT2D eigenvalue weighted by molar-refractivity contribution is 5.19. The Morgan fingerprint density at radius 3 is 2.56 bits per heavy atom. The highest BCUT2D eigenvalue weighted by Crippen LogP contribution is 2.16. The van der Waals surface area contributed by atoms with Gasteiger partial charge in [0, 0.05) is 19.7 Å². The average molecular weight is 227 g/mol. The molecule has 16 heavy (non-hydrogen) atoms. The fourth-order valence-corrected chi connectivity index (χ4v) is 1.45. The first-order valence-electron chi connectivity index (χ1n) is 5.31. The highest BCUT2D eigenvalue weighted by atomic mass is 19.1. The summed E-state index contributed by atoms with van der Waals surface area (Å²) >= 11 is 0. The predicted octanol–water partition coefficient (Wildman–Crippen LogP) is 1.48. The van der Waals surface area contributed by atoms with E-state index in [1.807, 2.05) is 6.92 Å². The van der Waals surface area contributed by atoms with Crippen molar-refractivity contribution >= 4 is 0 Å². The molecule has 0 fully saturated rings. The maximum Gasteiger partial charge on any atom is 0.123 e. The average Bonchev–Trinajstić information content (AvgIpc) is 2.29. The van der Waals surface area contributed by atoms with Crippen LogP contribution in [0.15, 0.2) is 24.3 Å². The van der Waals surface area contributed by atoms with Crippen LogP contribution in [0.4, 0.5) is 4.39 Å². The third-order valence-electron chi connectivity index (χ3n) is 2.46. The van der Waals surface area contributed by atoms with Crippen molar-refractivity contribution in [1.29, 1.82) is 0 Å². The van der Waals surface area contributed by atoms with E-state index < -0.39 is 6.10 Å². The Balaban J connectivity index is 2.49. The van der Waals surface area contributed by atoms with Crippen molar-refractivity contribution in [2.45, 2.75) is 19.1 Å². The third-order valence-corrected chi connectivity index (χ3v) is 2.46. The normalized spacial score (nSPS) is 14.8. The lowest BCUT2D eigenvalue weighted by Gasteiger charge is -2.20. The summed E-state index contributed by atoms with van der Waals surface area (Å²) < 4.78 is 17.6. The molecular formula is C12H18FNO2. The van der Waals surface area contributed by atoms with Gasteiger partial charge >= 0.3 is 0 Å². The highest BCUT2D eigenvalue weighted by Gasteiger charge is 2.15. The molecule has 2 N–H and O–H groups in total. The topological polar surface area (TPSA) is 41.5 Å². The van der Waals surface area contributed by atoms with Crippen LogP contribution in [0.2, 0.25) is 0 Å². The zero-order valence-corrected chi connectivity index (χ0v) is 9.61. The number of hydrogen-bond donors (Lipinski definition) is 2. The molecule has 4 heteroatoms. The molecule has 1 rings (SSSR count). The van der Waals surface area contributed by atoms with E-state index in [-0.39, 0.29) is 11.9 Å². The zero-order chi connectivity index (χ0) is 12.0. The van der Waals surface area contributed by atoms with Crippen LogP contribution in [-0.4, -0.2) is 31.4 Å². The molecule has 3 nitrogen and oxygen atoms in total. The van der Waals surface area contributed by atoms with Crippen molar-refractivity contribution in [2.75, 3.05) is 20.3 Å². The summed E-state index contributed by atoms with van der Waals surface area (Å²) in [6.45, 7) is 3.15. The smallest absolute Gasteiger partial charge is 0.123 e. The summed E-state index contributed by atoms with van der Waals surface area (Å²) in [6, 6.07) is 5.78. The van der Waals surface area contributed by atoms with E-state index >= 15 is 0 Å². The molecule has 2 atom stereocenters. The van der Waals surface area contributed by atoms with E-state index in [1.165, 1.54) is 12.1 Å². The second-order valence-corrected chi connectivity index (χ2v) is 3.73. The number of methoxy groups -OCH3 is 1. The summed E-state index contributed by atoms with van der Waals surface area (Å²) in [5, 5.41) is 13.1. The van der Waals surface area contributed by atoms with Gasteiger partial charge in [0.2, 0.25) is 0 Å². The standard InChI is InChI=1S/C12H18FNO2/c1-9(14-7-8-16-2)12(15)10-3-5-11(13)6-4-10/h3-6,9,12,14-15H,7-8H2,1-2H3. The van der Waals surface area contributed by atoms with Crippen molar-refractivity contribution in [3.8, 4) is 0 Å². The fourth-order valence-electron chi connectivity index (χ4n) is 1.45. The monoisotopic (exact) mass is 227 g/mol. The van der Waals surface area contributed by atoms with E-state index in [0.29, 0.717) is 18.7 Å². The summed E-state index contributed by atoms with van der Waals surface area (Å²) in [6.07, 6.45) is -0.641. The van der Waals surface area contributed by atoms with E-state index in [9.17, 15) is 9.50 Å². The van der Waals surface area contributed by atoms with Crippen LogP contribution in [-0.2, 0) is 4.74 Å². The molecule has 0 aromatic heterocycles. The number of halogens is 1. The van der Waals surface area contributed by atoms with Crippen molar-refractivity contribution in [3.63, 3.8) is 0 Å². The lowest BCUT2D eigenvalue weighted by Crippen LogP contribution is -2.34. The molecule has 2 unspecified atom stereocenters. The molecule has 1 aromatic rings. The summed E-state index contributed by atoms with van der Waals surface area (Å²) in [7, 11) is 1.63. The summed E-state index contributed by atoms with van der Waals surface area (Å²) in [5.41, 5.74) is 0.707. The maximum absolute atomic E-state index is 12.7. The second kappa shape index (κ2) is 6.58. The van der Waals surface area contributed by atoms with Crippen molar-refractivity contribution in [2.24, 2.45) is 0 Å². The van der Waals surface area contributed by atoms with Crippen molar-refractivity contribution in [3.05, 3.63) is 35.6 Å². The van der Waals surface area contributed by atoms with Crippen molar-refractivity contribution in [1.82, 2.24) is 5.32 Å². The van der Waals surface area contributed by atoms with Gasteiger partial charge in [-0.15, -0.1) is 0 Å². The Morgan fingerprint density at radius 1 is 1.38 bits per heavy atom. The first-order chi connectivity index (χ1) is 7.65. The molecule has 0 heterocycles. The molecule has 1 aromatic carbocycles. The lowest BCUT2D eigenvalue weighted by atomic mass is 10.0. The number of nitrogens with one attached hydrogen (secondary N) is 1. The van der Waals surface area contributed by atoms with Gasteiger partial charge in [-0.3, -0.25) is 0 Å². The third kappa shape index (κ3) is 3.89. The molecule has 0 saturated carbocycles. The molecular weight excluding hydrogens is 209 g/mol. The first-order valence-corrected chi connectivity index (χ1v) is 5.31. The van der Waals surface area contributed by atoms with Crippen LogP contribution in [0.1, 0.15) is 18.6 Å². The van der Waals surface area contributed by atoms with Gasteiger partial charge in [-0.25, -0.2) is 4.39 Å². The van der Waals surface area contributed by atoms with Crippen LogP contribution in [0.5, 0.6) is 0 Å². The summed E-state index contributed by atoms with van der Waals surface area (Å²) in [4.78, 5) is 0. The number of aliphatic hydroxyl groups is 1. The predicted molar refractivity (Wildman–Crippen MR) is 60.7 cm³/mol. The SMILES string of the molecule is COCCNC(C)C(O)c1ccc(F)cc1. The molecule has 0 amide bonds. The molecule has 90 valence electrons. The second-order valence-electron chi connectivity index (χ2n) is 3.73. The van der Waals surface area contributed by atoms with Gasteiger partial charge in [-0.1, -0.05) is 12.1 Å². The number of aliphatic hydroxyl groups excluding tert-OH is 1. The van der Waals surface area contributed by atoms with Crippen LogP contribution >= 0.6 is 0 Å². The molecule has 0 saturated heterocycles. The van der Waals surface area contributed by atoms with Gasteiger partial charge in [-0.2, -0.15) is 0 Å². The quantitative estimate of drug-likeness (QED) is 0.723. The molecule has 0 aliphatic rings. The maximum atomic E-state index is 12.7. The van der Waals surface area contributed by atoms with Crippen LogP contribution in [0.3, 0.4) is 0 Å². The van der Waals surface area contributed by atoms with E-state index in [0.717, 1.165) is 0 Å². The van der Waals surface area contributed by atoms with Gasteiger partial charge in [0.15, 0.2) is 0 Å². The Kier molecular flexibility index (Phi) is 5.38. The molecule has 0 aliphatic heterocycles. The number of ether oxygens (including phenoxy) is 1. The Bertz CT molecular complexity index is 302. The van der Waals surface area contributed by atoms with Gasteiger partial charge in [-0.05, 0) is 24.6 Å². The molecule has 0 aliphatic carbocycles. The molecule has 0 spiro atoms. The van der Waals surface area contributed by atoms with Crippen LogP contribution in [0.25, 0.3) is 0 Å². The Morgan fingerprint density at radius 2 is 2.00 bits per heavy atom. The van der Waals surface area contributed by atoms with E-state index in [4.69, 9.17) is 4.74 Å². The van der Waals surface area contributed by atoms with E-state index in [2.05, 4.69) is 5.32 Å². The fraction of sp³-hybridized carbons (Fsp3) is 0.500. The Hall–Kier alpha value is -0.970. The largest absolute Gasteiger partial charge is 0.387 e. The number of rotatable bonds is 6. The first kappa shape index (κ1) is 13.1. The minimum absolute atomic E-state index is 0.0967. The van der Waals surface area contributed by atoms with Crippen LogP contribution < -0.4 is 5.32 Å². The van der Waals surface area contributed by atoms with Gasteiger partial charge in [0.1, 0.15) is 5.82 Å². The van der Waals surface area contributed by atoms with Crippen LogP contribution in [0, 0.1) is 5.82 Å². The van der Waals surface area contributed by atoms with Gasteiger partial charge < -0.3 is 15.2 Å². The number of benzene rings is 1. The lowest BCUT2D eigenvalue weighted by molar-refractivity contribution is 0.126. The van der Waals surface area contributed by atoms with E-state index in [1.54, 1.807) is 19.2 Å². The number of hydrogen-bond acceptors (Lipinski definition) is 3. The summed E-state index contributed by atoms with van der Waals surface area (Å²) in [5.74, 6) is -0.295. The Labute approximate surface area is 95.2 Å². The molecule has 0 radical (unpaired) electrons. The minimum atomic E-state index is -0.641. The minimum Gasteiger partial charge on any atom is -0.387 e. The zero-order valence-electron chi connectivity index (χ0n) is 9.61. The van der Waals surface area contributed by atoms with Gasteiger partial charge in [0.05, 0.1) is 12.7 Å². The van der Waals surface area contributed by atoms with Gasteiger partial charge in [0.25, 0.3) is 0 Å². The molecule has 0 bridgehead atoms. The van der Waals surface area contributed by atoms with Crippen molar-refractivity contribution < 1.29 is 14.2 Å².